The molecule has 0 saturated carbocycles. The predicted molar refractivity (Wildman–Crippen MR) is 141 cm³/mol. The first kappa shape index (κ1) is 26.2. The molecule has 192 valence electrons. The van der Waals surface area contributed by atoms with Crippen LogP contribution in [0.1, 0.15) is 47.2 Å². The number of aromatic nitrogens is 3. The normalized spacial score (nSPS) is 12.0. The van der Waals surface area contributed by atoms with Crippen molar-refractivity contribution in [2.75, 3.05) is 0 Å². The molecule has 1 N–H and O–H groups in total. The second kappa shape index (κ2) is 10.7. The van der Waals surface area contributed by atoms with E-state index in [1.165, 1.54) is 22.7 Å². The first-order valence-electron chi connectivity index (χ1n) is 11.5. The van der Waals surface area contributed by atoms with Gasteiger partial charge in [-0.3, -0.25) is 9.20 Å². The van der Waals surface area contributed by atoms with E-state index in [-0.39, 0.29) is 16.1 Å². The van der Waals surface area contributed by atoms with Crippen LogP contribution in [0, 0.1) is 6.92 Å². The molecule has 0 saturated heterocycles. The summed E-state index contributed by atoms with van der Waals surface area (Å²) in [6.45, 7) is 5.99. The maximum atomic E-state index is 13.2. The number of carboxylic acid groups (broad SMARTS) is 1. The number of hydrogen-bond acceptors (Lipinski definition) is 8. The number of fused-ring (bicyclic) bond motifs is 1. The number of nitrogens with zero attached hydrogens (tertiary/aromatic N) is 3. The summed E-state index contributed by atoms with van der Waals surface area (Å²) in [6.07, 6.45) is 4.56. The summed E-state index contributed by atoms with van der Waals surface area (Å²) in [5.74, 6) is -1.46. The van der Waals surface area contributed by atoms with Crippen molar-refractivity contribution in [2.45, 2.75) is 44.4 Å². The molecule has 0 aliphatic carbocycles. The van der Waals surface area contributed by atoms with Crippen LogP contribution in [0.2, 0.25) is 0 Å². The third kappa shape index (κ3) is 6.12. The molecule has 0 bridgehead atoms. The lowest BCUT2D eigenvalue weighted by Gasteiger charge is -2.11. The molecule has 11 heteroatoms. The summed E-state index contributed by atoms with van der Waals surface area (Å²) in [6, 6.07) is 9.43. The van der Waals surface area contributed by atoms with Crippen molar-refractivity contribution < 1.29 is 22.5 Å². The van der Waals surface area contributed by atoms with E-state index in [4.69, 9.17) is 9.29 Å². The molecule has 3 heterocycles. The molecule has 0 spiro atoms. The Hall–Kier alpha value is -3.83. The number of carboxylic acids is 1. The van der Waals surface area contributed by atoms with Gasteiger partial charge in [-0.05, 0) is 55.2 Å². The van der Waals surface area contributed by atoms with E-state index in [9.17, 15) is 18.0 Å². The molecule has 4 rings (SSSR count). The van der Waals surface area contributed by atoms with E-state index in [1.54, 1.807) is 35.6 Å². The maximum Gasteiger partial charge on any atom is 0.340 e. The number of pyridine rings is 1. The molecule has 0 aliphatic rings. The molecule has 0 atom stereocenters. The summed E-state index contributed by atoms with van der Waals surface area (Å²) in [5.41, 5.74) is 1.99. The zero-order valence-corrected chi connectivity index (χ0v) is 22.0. The van der Waals surface area contributed by atoms with Crippen molar-refractivity contribution in [3.8, 4) is 5.88 Å². The second-order valence-corrected chi connectivity index (χ2v) is 11.2. The molecular formula is C26H25N3O6S2. The van der Waals surface area contributed by atoms with Crippen molar-refractivity contribution in [1.82, 2.24) is 14.4 Å². The van der Waals surface area contributed by atoms with Gasteiger partial charge in [0.25, 0.3) is 5.56 Å². The summed E-state index contributed by atoms with van der Waals surface area (Å²) in [5, 5.41) is 12.1. The Morgan fingerprint density at radius 1 is 1.16 bits per heavy atom. The molecule has 0 aliphatic heterocycles. The lowest BCUT2D eigenvalue weighted by molar-refractivity contribution is -0.131. The Morgan fingerprint density at radius 3 is 2.54 bits per heavy atom. The third-order valence-electron chi connectivity index (χ3n) is 5.57. The van der Waals surface area contributed by atoms with Crippen LogP contribution < -0.4 is 9.74 Å². The third-order valence-corrected chi connectivity index (χ3v) is 7.73. The van der Waals surface area contributed by atoms with E-state index in [1.807, 2.05) is 12.3 Å². The summed E-state index contributed by atoms with van der Waals surface area (Å²) >= 11 is 1.60. The van der Waals surface area contributed by atoms with Crippen LogP contribution in [0.25, 0.3) is 11.7 Å². The van der Waals surface area contributed by atoms with Gasteiger partial charge in [-0.2, -0.15) is 13.4 Å². The number of aryl methyl sites for hydroxylation is 3. The van der Waals surface area contributed by atoms with Crippen LogP contribution in [0.4, 0.5) is 0 Å². The number of rotatable bonds is 9. The predicted octanol–water partition coefficient (Wildman–Crippen LogP) is 4.23. The maximum absolute atomic E-state index is 13.2. The number of benzene rings is 1. The average Bonchev–Trinajstić information content (AvgIpc) is 3.32. The van der Waals surface area contributed by atoms with Gasteiger partial charge in [-0.15, -0.1) is 11.3 Å². The highest BCUT2D eigenvalue weighted by molar-refractivity contribution is 7.87. The number of thiazole rings is 1. The Labute approximate surface area is 217 Å². The molecule has 37 heavy (non-hydrogen) atoms. The molecule has 0 amide bonds. The van der Waals surface area contributed by atoms with Crippen molar-refractivity contribution in [2.24, 2.45) is 0 Å². The van der Waals surface area contributed by atoms with E-state index in [2.05, 4.69) is 23.8 Å². The molecule has 3 aromatic heterocycles. The Morgan fingerprint density at radius 2 is 1.89 bits per heavy atom. The lowest BCUT2D eigenvalue weighted by Crippen LogP contribution is -2.21. The summed E-state index contributed by atoms with van der Waals surface area (Å²) in [4.78, 5) is 33.1. The quantitative estimate of drug-likeness (QED) is 0.247. The van der Waals surface area contributed by atoms with Gasteiger partial charge in [-0.25, -0.2) is 9.78 Å². The largest absolute Gasteiger partial charge is 0.478 e. The minimum absolute atomic E-state index is 0.119. The van der Waals surface area contributed by atoms with Gasteiger partial charge in [0.15, 0.2) is 0 Å². The smallest absolute Gasteiger partial charge is 0.340 e. The van der Waals surface area contributed by atoms with E-state index < -0.39 is 27.5 Å². The van der Waals surface area contributed by atoms with Gasteiger partial charge in [0, 0.05) is 24.1 Å². The zero-order valence-electron chi connectivity index (χ0n) is 20.4. The molecule has 1 aromatic carbocycles. The molecular weight excluding hydrogens is 514 g/mol. The monoisotopic (exact) mass is 539 g/mol. The van der Waals surface area contributed by atoms with Gasteiger partial charge in [0.2, 0.25) is 5.88 Å². The van der Waals surface area contributed by atoms with Gasteiger partial charge in [0.1, 0.15) is 16.1 Å². The van der Waals surface area contributed by atoms with E-state index in [0.717, 1.165) is 34.0 Å². The fraction of sp³-hybridized carbons (Fsp3) is 0.231. The fourth-order valence-electron chi connectivity index (χ4n) is 3.50. The molecule has 4 aromatic rings. The molecule has 9 nitrogen and oxygen atoms in total. The molecule has 0 unspecified atom stereocenters. The fourth-order valence-corrected chi connectivity index (χ4v) is 5.36. The lowest BCUT2D eigenvalue weighted by atomic mass is 10.1. The van der Waals surface area contributed by atoms with Crippen molar-refractivity contribution in [1.29, 1.82) is 0 Å². The number of carbonyl (C=O) groups is 1. The SMILES string of the molecule is Cc1ccc(S(=O)(=O)Oc2nc3cc(CCc4nc(C(C)C)cs4)ccn3c(=O)c2/C=C/C(=O)O)cc1. The molecule has 0 radical (unpaired) electrons. The highest BCUT2D eigenvalue weighted by Crippen LogP contribution is 2.23. The first-order valence-corrected chi connectivity index (χ1v) is 13.7. The second-order valence-electron chi connectivity index (χ2n) is 8.74. The van der Waals surface area contributed by atoms with Crippen LogP contribution in [-0.4, -0.2) is 33.9 Å². The Kier molecular flexibility index (Phi) is 7.55. The summed E-state index contributed by atoms with van der Waals surface area (Å²) < 4.78 is 32.3. The van der Waals surface area contributed by atoms with Crippen LogP contribution in [0.15, 0.2) is 63.7 Å². The summed E-state index contributed by atoms with van der Waals surface area (Å²) in [7, 11) is -4.34. The van der Waals surface area contributed by atoms with Crippen LogP contribution >= 0.6 is 11.3 Å². The van der Waals surface area contributed by atoms with Crippen molar-refractivity contribution >= 4 is 39.1 Å². The van der Waals surface area contributed by atoms with Gasteiger partial charge in [-0.1, -0.05) is 31.5 Å². The topological polar surface area (TPSA) is 128 Å². The Bertz CT molecular complexity index is 1650. The minimum Gasteiger partial charge on any atom is -0.478 e. The number of aliphatic carboxylic acids is 1. The minimum atomic E-state index is -4.34. The number of hydrogen-bond donors (Lipinski definition) is 1. The standard InChI is InChI=1S/C26H25N3O6S2/c1-16(2)21-15-36-23(27-21)10-6-18-12-13-29-22(14-18)28-25(20(26(29)32)9-11-24(30)31)35-37(33,34)19-7-4-17(3)5-8-19/h4-5,7-9,11-16H,6,10H2,1-3H3,(H,30,31)/b11-9+. The Balaban J connectivity index is 1.72. The van der Waals surface area contributed by atoms with E-state index >= 15 is 0 Å². The van der Waals surface area contributed by atoms with Crippen molar-refractivity contribution in [3.05, 3.63) is 91.8 Å². The van der Waals surface area contributed by atoms with Gasteiger partial charge in [0.05, 0.1) is 10.7 Å². The molecule has 0 fully saturated rings. The highest BCUT2D eigenvalue weighted by Gasteiger charge is 2.22. The average molecular weight is 540 g/mol. The first-order chi connectivity index (χ1) is 17.5. The van der Waals surface area contributed by atoms with Crippen molar-refractivity contribution in [3.63, 3.8) is 0 Å². The van der Waals surface area contributed by atoms with Crippen LogP contribution in [0.5, 0.6) is 5.88 Å². The van der Waals surface area contributed by atoms with Crippen LogP contribution in [0.3, 0.4) is 0 Å². The van der Waals surface area contributed by atoms with Crippen LogP contribution in [-0.2, 0) is 27.8 Å². The highest BCUT2D eigenvalue weighted by atomic mass is 32.2. The zero-order chi connectivity index (χ0) is 26.7. The van der Waals surface area contributed by atoms with Gasteiger partial charge < -0.3 is 9.29 Å². The van der Waals surface area contributed by atoms with E-state index in [0.29, 0.717) is 18.8 Å². The van der Waals surface area contributed by atoms with Gasteiger partial charge >= 0.3 is 16.1 Å².